The van der Waals surface area contributed by atoms with Crippen molar-refractivity contribution in [2.24, 2.45) is 0 Å². The highest BCUT2D eigenvalue weighted by molar-refractivity contribution is 6.04. The number of hydrogen-bond acceptors (Lipinski definition) is 5. The summed E-state index contributed by atoms with van der Waals surface area (Å²) in [6, 6.07) is 20.0. The fourth-order valence-corrected chi connectivity index (χ4v) is 4.99. The molecule has 39 heavy (non-hydrogen) atoms. The van der Waals surface area contributed by atoms with Crippen molar-refractivity contribution in [1.82, 2.24) is 29.5 Å². The number of aromatic nitrogens is 4. The van der Waals surface area contributed by atoms with Crippen molar-refractivity contribution in [3.8, 4) is 11.3 Å². The van der Waals surface area contributed by atoms with Crippen LogP contribution in [0.4, 0.5) is 5.69 Å². The van der Waals surface area contributed by atoms with E-state index in [1.165, 1.54) is 11.8 Å². The molecule has 0 bridgehead atoms. The predicted molar refractivity (Wildman–Crippen MR) is 153 cm³/mol. The molecule has 1 aliphatic rings. The number of pyridine rings is 1. The largest absolute Gasteiger partial charge is 0.354 e. The number of nitrogens with zero attached hydrogens (tertiary/aromatic N) is 4. The molecule has 4 heterocycles. The Kier molecular flexibility index (Phi) is 6.83. The summed E-state index contributed by atoms with van der Waals surface area (Å²) >= 11 is 0. The SMILES string of the molecule is CN1CCN(Cc2ccc3[nH]c(-c4cc(NC(=O)c5cnn(Cc6ccccc6)c5)c[nH]c4=O)cc3c2)CC1. The molecule has 0 spiro atoms. The second kappa shape index (κ2) is 10.7. The molecular weight excluding hydrogens is 490 g/mol. The highest BCUT2D eigenvalue weighted by atomic mass is 16.1. The fourth-order valence-electron chi connectivity index (χ4n) is 4.99. The lowest BCUT2D eigenvalue weighted by Crippen LogP contribution is -2.43. The van der Waals surface area contributed by atoms with Crippen molar-refractivity contribution < 1.29 is 4.79 Å². The summed E-state index contributed by atoms with van der Waals surface area (Å²) in [5.74, 6) is -0.294. The Labute approximate surface area is 226 Å². The Bertz CT molecular complexity index is 1660. The number of hydrogen-bond donors (Lipinski definition) is 3. The lowest BCUT2D eigenvalue weighted by atomic mass is 10.1. The van der Waals surface area contributed by atoms with Crippen LogP contribution in [0.15, 0.2) is 84.0 Å². The topological polar surface area (TPSA) is 102 Å². The van der Waals surface area contributed by atoms with Crippen molar-refractivity contribution in [2.45, 2.75) is 13.1 Å². The molecule has 6 rings (SSSR count). The zero-order chi connectivity index (χ0) is 26.8. The second-order valence-electron chi connectivity index (χ2n) is 10.2. The molecule has 1 fully saturated rings. The molecule has 3 aromatic heterocycles. The zero-order valence-electron chi connectivity index (χ0n) is 21.9. The highest BCUT2D eigenvalue weighted by Crippen LogP contribution is 2.25. The number of benzene rings is 2. The molecule has 0 unspecified atom stereocenters. The standard InChI is InChI=1S/C30H31N7O2/c1-35-9-11-36(12-10-35)18-22-7-8-27-23(13-22)14-28(34-27)26-15-25(17-31-30(26)39)33-29(38)24-16-32-37(20-24)19-21-5-3-2-4-6-21/h2-8,13-17,20,34H,9-12,18-19H2,1H3,(H,31,39)(H,33,38). The molecule has 1 saturated heterocycles. The van der Waals surface area contributed by atoms with Crippen LogP contribution < -0.4 is 10.9 Å². The summed E-state index contributed by atoms with van der Waals surface area (Å²) in [4.78, 5) is 36.6. The number of rotatable bonds is 7. The van der Waals surface area contributed by atoms with Gasteiger partial charge >= 0.3 is 0 Å². The first-order chi connectivity index (χ1) is 19.0. The number of H-pyrrole nitrogens is 2. The molecule has 0 atom stereocenters. The average Bonchev–Trinajstić information content (AvgIpc) is 3.59. The van der Waals surface area contributed by atoms with E-state index in [9.17, 15) is 9.59 Å². The number of piperazine rings is 1. The Balaban J connectivity index is 1.17. The maximum absolute atomic E-state index is 12.9. The summed E-state index contributed by atoms with van der Waals surface area (Å²) in [7, 11) is 2.16. The molecule has 1 aliphatic heterocycles. The first-order valence-corrected chi connectivity index (χ1v) is 13.1. The molecule has 9 heteroatoms. The molecule has 5 aromatic rings. The zero-order valence-corrected chi connectivity index (χ0v) is 21.9. The molecular formula is C30H31N7O2. The summed E-state index contributed by atoms with van der Waals surface area (Å²) in [5, 5.41) is 8.24. The van der Waals surface area contributed by atoms with Gasteiger partial charge in [-0.2, -0.15) is 5.10 Å². The summed E-state index contributed by atoms with van der Waals surface area (Å²) < 4.78 is 1.73. The quantitative estimate of drug-likeness (QED) is 0.303. The molecule has 9 nitrogen and oxygen atoms in total. The maximum Gasteiger partial charge on any atom is 0.258 e. The number of fused-ring (bicyclic) bond motifs is 1. The van der Waals surface area contributed by atoms with E-state index in [0.29, 0.717) is 29.1 Å². The monoisotopic (exact) mass is 521 g/mol. The highest BCUT2D eigenvalue weighted by Gasteiger charge is 2.16. The van der Waals surface area contributed by atoms with Gasteiger partial charge in [0.1, 0.15) is 0 Å². The molecule has 0 aliphatic carbocycles. The lowest BCUT2D eigenvalue weighted by molar-refractivity contribution is 0.102. The number of likely N-dealkylation sites (N-methyl/N-ethyl adjacent to an activating group) is 1. The minimum absolute atomic E-state index is 0.229. The molecule has 1 amide bonds. The summed E-state index contributed by atoms with van der Waals surface area (Å²) in [5.41, 5.74) is 5.19. The first kappa shape index (κ1) is 24.8. The molecule has 2 aromatic carbocycles. The fraction of sp³-hybridized carbons (Fsp3) is 0.233. The van der Waals surface area contributed by atoms with Gasteiger partial charge in [-0.1, -0.05) is 36.4 Å². The van der Waals surface area contributed by atoms with Gasteiger partial charge in [0.2, 0.25) is 0 Å². The van der Waals surface area contributed by atoms with Gasteiger partial charge in [0, 0.05) is 56.0 Å². The Morgan fingerprint density at radius 3 is 2.62 bits per heavy atom. The Hall–Kier alpha value is -4.47. The number of amides is 1. The number of carbonyl (C=O) groups excluding carboxylic acids is 1. The molecule has 198 valence electrons. The van der Waals surface area contributed by atoms with E-state index in [4.69, 9.17) is 0 Å². The van der Waals surface area contributed by atoms with Gasteiger partial charge in [0.05, 0.1) is 35.2 Å². The van der Waals surface area contributed by atoms with Gasteiger partial charge in [0.25, 0.3) is 11.5 Å². The molecule has 0 radical (unpaired) electrons. The second-order valence-corrected chi connectivity index (χ2v) is 10.2. The van der Waals surface area contributed by atoms with E-state index < -0.39 is 0 Å². The molecule has 0 saturated carbocycles. The van der Waals surface area contributed by atoms with Crippen LogP contribution in [0.2, 0.25) is 0 Å². The van der Waals surface area contributed by atoms with Crippen LogP contribution in [0.1, 0.15) is 21.5 Å². The van der Waals surface area contributed by atoms with Crippen molar-refractivity contribution in [3.63, 3.8) is 0 Å². The third-order valence-electron chi connectivity index (χ3n) is 7.22. The van der Waals surface area contributed by atoms with E-state index in [1.807, 2.05) is 36.4 Å². The van der Waals surface area contributed by atoms with Crippen molar-refractivity contribution in [1.29, 1.82) is 0 Å². The average molecular weight is 522 g/mol. The minimum Gasteiger partial charge on any atom is -0.354 e. The number of aromatic amines is 2. The van der Waals surface area contributed by atoms with Gasteiger partial charge in [-0.25, -0.2) is 0 Å². The summed E-state index contributed by atoms with van der Waals surface area (Å²) in [6.07, 6.45) is 4.77. The lowest BCUT2D eigenvalue weighted by Gasteiger charge is -2.32. The van der Waals surface area contributed by atoms with E-state index in [-0.39, 0.29) is 11.5 Å². The smallest absolute Gasteiger partial charge is 0.258 e. The van der Waals surface area contributed by atoms with Crippen LogP contribution >= 0.6 is 0 Å². The van der Waals surface area contributed by atoms with Gasteiger partial charge in [-0.05, 0) is 42.4 Å². The van der Waals surface area contributed by atoms with Crippen LogP contribution in [0.25, 0.3) is 22.2 Å². The van der Waals surface area contributed by atoms with Crippen molar-refractivity contribution >= 4 is 22.5 Å². The third-order valence-corrected chi connectivity index (χ3v) is 7.22. The van der Waals surface area contributed by atoms with Gasteiger partial charge in [-0.3, -0.25) is 19.2 Å². The number of carbonyl (C=O) groups is 1. The summed E-state index contributed by atoms with van der Waals surface area (Å²) in [6.45, 7) is 5.79. The van der Waals surface area contributed by atoms with E-state index >= 15 is 0 Å². The van der Waals surface area contributed by atoms with Gasteiger partial charge in [0.15, 0.2) is 0 Å². The Morgan fingerprint density at radius 1 is 0.974 bits per heavy atom. The first-order valence-electron chi connectivity index (χ1n) is 13.1. The van der Waals surface area contributed by atoms with Gasteiger partial charge < -0.3 is 20.2 Å². The van der Waals surface area contributed by atoms with Crippen LogP contribution in [-0.2, 0) is 13.1 Å². The third kappa shape index (κ3) is 5.69. The Morgan fingerprint density at radius 2 is 1.79 bits per heavy atom. The number of anilines is 1. The van der Waals surface area contributed by atoms with Crippen LogP contribution in [0, 0.1) is 0 Å². The number of nitrogens with one attached hydrogen (secondary N) is 3. The molecule has 3 N–H and O–H groups in total. The van der Waals surface area contributed by atoms with Crippen LogP contribution in [-0.4, -0.2) is 68.7 Å². The van der Waals surface area contributed by atoms with Crippen molar-refractivity contribution in [3.05, 3.63) is 106 Å². The van der Waals surface area contributed by atoms with Gasteiger partial charge in [-0.15, -0.1) is 0 Å². The van der Waals surface area contributed by atoms with Crippen LogP contribution in [0.5, 0.6) is 0 Å². The van der Waals surface area contributed by atoms with Crippen LogP contribution in [0.3, 0.4) is 0 Å². The van der Waals surface area contributed by atoms with E-state index in [1.54, 1.807) is 23.1 Å². The predicted octanol–water partition coefficient (Wildman–Crippen LogP) is 3.77. The minimum atomic E-state index is -0.294. The van der Waals surface area contributed by atoms with Crippen molar-refractivity contribution in [2.75, 3.05) is 38.5 Å². The maximum atomic E-state index is 12.9. The normalized spacial score (nSPS) is 14.6. The van der Waals surface area contributed by atoms with E-state index in [0.717, 1.165) is 49.2 Å². The van der Waals surface area contributed by atoms with E-state index in [2.05, 4.69) is 55.4 Å².